The number of likely N-dealkylation sites (tertiary alicyclic amines) is 1. The van der Waals surface area contributed by atoms with Crippen LogP contribution in [0.2, 0.25) is 0 Å². The Balaban J connectivity index is 1.91. The lowest BCUT2D eigenvalue weighted by Gasteiger charge is -2.40. The predicted molar refractivity (Wildman–Crippen MR) is 60.5 cm³/mol. The number of nitrogens with one attached hydrogen (secondary N) is 1. The molecule has 2 aliphatic rings. The molecule has 0 spiro atoms. The van der Waals surface area contributed by atoms with Gasteiger partial charge in [0.1, 0.15) is 0 Å². The second kappa shape index (κ2) is 4.63. The summed E-state index contributed by atoms with van der Waals surface area (Å²) in [4.78, 5) is 2.74. The smallest absolute Gasteiger partial charge is 0.0111 e. The van der Waals surface area contributed by atoms with Crippen LogP contribution in [0, 0.1) is 5.92 Å². The van der Waals surface area contributed by atoms with E-state index in [0.717, 1.165) is 18.0 Å². The number of nitrogens with zero attached hydrogens (tertiary/aromatic N) is 1. The van der Waals surface area contributed by atoms with E-state index in [1.54, 1.807) is 0 Å². The Bertz CT molecular complexity index is 175. The van der Waals surface area contributed by atoms with Crippen molar-refractivity contribution in [2.75, 3.05) is 19.6 Å². The molecule has 3 unspecified atom stereocenters. The molecule has 3 atom stereocenters. The minimum absolute atomic E-state index is 0.792. The monoisotopic (exact) mass is 196 g/mol. The van der Waals surface area contributed by atoms with Gasteiger partial charge in [0.15, 0.2) is 0 Å². The molecule has 0 aromatic carbocycles. The molecule has 2 heterocycles. The van der Waals surface area contributed by atoms with Crippen molar-refractivity contribution in [1.82, 2.24) is 10.2 Å². The van der Waals surface area contributed by atoms with Gasteiger partial charge in [-0.15, -0.1) is 0 Å². The van der Waals surface area contributed by atoms with Crippen molar-refractivity contribution in [2.24, 2.45) is 5.92 Å². The first-order chi connectivity index (χ1) is 6.79. The van der Waals surface area contributed by atoms with Crippen molar-refractivity contribution in [3.63, 3.8) is 0 Å². The maximum Gasteiger partial charge on any atom is 0.0111 e. The van der Waals surface area contributed by atoms with Crippen LogP contribution in [-0.2, 0) is 0 Å². The summed E-state index contributed by atoms with van der Waals surface area (Å²) in [6.45, 7) is 8.64. The quantitative estimate of drug-likeness (QED) is 0.725. The molecule has 14 heavy (non-hydrogen) atoms. The van der Waals surface area contributed by atoms with Crippen LogP contribution in [0.25, 0.3) is 0 Å². The lowest BCUT2D eigenvalue weighted by Crippen LogP contribution is -2.47. The first-order valence-electron chi connectivity index (χ1n) is 6.25. The number of hydrogen-bond acceptors (Lipinski definition) is 2. The summed E-state index contributed by atoms with van der Waals surface area (Å²) in [5, 5.41) is 3.48. The molecule has 2 fully saturated rings. The summed E-state index contributed by atoms with van der Waals surface area (Å²) in [5.74, 6) is 0.899. The van der Waals surface area contributed by atoms with E-state index in [0.29, 0.717) is 0 Å². The Hall–Kier alpha value is -0.0800. The average Bonchev–Trinajstić information content (AvgIpc) is 2.70. The van der Waals surface area contributed by atoms with Crippen LogP contribution in [0.4, 0.5) is 0 Å². The van der Waals surface area contributed by atoms with Gasteiger partial charge in [0, 0.05) is 12.1 Å². The number of rotatable bonds is 2. The highest BCUT2D eigenvalue weighted by atomic mass is 15.2. The van der Waals surface area contributed by atoms with Crippen LogP contribution in [-0.4, -0.2) is 36.6 Å². The van der Waals surface area contributed by atoms with E-state index in [-0.39, 0.29) is 0 Å². The third kappa shape index (κ3) is 2.12. The highest BCUT2D eigenvalue weighted by Crippen LogP contribution is 2.25. The van der Waals surface area contributed by atoms with Gasteiger partial charge in [-0.25, -0.2) is 0 Å². The Morgan fingerprint density at radius 3 is 2.79 bits per heavy atom. The van der Waals surface area contributed by atoms with Crippen molar-refractivity contribution in [3.05, 3.63) is 0 Å². The van der Waals surface area contributed by atoms with E-state index in [1.807, 2.05) is 0 Å². The van der Waals surface area contributed by atoms with Crippen molar-refractivity contribution >= 4 is 0 Å². The predicted octanol–water partition coefficient (Wildman–Crippen LogP) is 1.86. The molecule has 0 amide bonds. The molecular formula is C12H24N2. The van der Waals surface area contributed by atoms with E-state index in [1.165, 1.54) is 45.3 Å². The average molecular weight is 196 g/mol. The molecule has 0 bridgehead atoms. The number of hydrogen-bond donors (Lipinski definition) is 1. The van der Waals surface area contributed by atoms with E-state index in [4.69, 9.17) is 0 Å². The zero-order valence-electron chi connectivity index (χ0n) is 9.63. The molecule has 2 saturated heterocycles. The Labute approximate surface area is 88.1 Å². The van der Waals surface area contributed by atoms with Gasteiger partial charge in [0.05, 0.1) is 0 Å². The van der Waals surface area contributed by atoms with Crippen LogP contribution in [0.15, 0.2) is 0 Å². The summed E-state index contributed by atoms with van der Waals surface area (Å²) in [7, 11) is 0. The topological polar surface area (TPSA) is 15.3 Å². The lowest BCUT2D eigenvalue weighted by molar-refractivity contribution is 0.0844. The molecular weight excluding hydrogens is 172 g/mol. The molecule has 2 heteroatoms. The fourth-order valence-electron chi connectivity index (χ4n) is 3.08. The van der Waals surface area contributed by atoms with Crippen LogP contribution in [0.5, 0.6) is 0 Å². The molecule has 0 aromatic rings. The number of piperidine rings is 1. The second-order valence-corrected chi connectivity index (χ2v) is 5.08. The Morgan fingerprint density at radius 1 is 1.29 bits per heavy atom. The first-order valence-corrected chi connectivity index (χ1v) is 6.25. The minimum atomic E-state index is 0.792. The van der Waals surface area contributed by atoms with Crippen molar-refractivity contribution in [1.29, 1.82) is 0 Å². The maximum atomic E-state index is 3.48. The molecule has 1 N–H and O–H groups in total. The molecule has 82 valence electrons. The molecule has 0 aromatic heterocycles. The van der Waals surface area contributed by atoms with Gasteiger partial charge in [-0.3, -0.25) is 4.90 Å². The second-order valence-electron chi connectivity index (χ2n) is 5.08. The minimum Gasteiger partial charge on any atom is -0.316 e. The van der Waals surface area contributed by atoms with Crippen LogP contribution < -0.4 is 5.32 Å². The largest absolute Gasteiger partial charge is 0.316 e. The molecule has 0 radical (unpaired) electrons. The maximum absolute atomic E-state index is 3.48. The SMILES string of the molecule is CC1CCCCN1C(C)C1CCNC1. The van der Waals surface area contributed by atoms with Gasteiger partial charge in [-0.1, -0.05) is 6.42 Å². The van der Waals surface area contributed by atoms with Gasteiger partial charge >= 0.3 is 0 Å². The van der Waals surface area contributed by atoms with Crippen molar-refractivity contribution < 1.29 is 0 Å². The summed E-state index contributed by atoms with van der Waals surface area (Å²) in [6, 6.07) is 1.61. The summed E-state index contributed by atoms with van der Waals surface area (Å²) >= 11 is 0. The lowest BCUT2D eigenvalue weighted by atomic mass is 9.94. The van der Waals surface area contributed by atoms with E-state index < -0.39 is 0 Å². The molecule has 0 saturated carbocycles. The van der Waals surface area contributed by atoms with Gasteiger partial charge in [-0.05, 0) is 58.7 Å². The Morgan fingerprint density at radius 2 is 2.14 bits per heavy atom. The molecule has 2 aliphatic heterocycles. The van der Waals surface area contributed by atoms with Crippen molar-refractivity contribution in [2.45, 2.75) is 51.6 Å². The molecule has 2 rings (SSSR count). The standard InChI is InChI=1S/C12H24N2/c1-10-5-3-4-8-14(10)11(2)12-6-7-13-9-12/h10-13H,3-9H2,1-2H3. The third-order valence-electron chi connectivity index (χ3n) is 4.16. The van der Waals surface area contributed by atoms with E-state index in [9.17, 15) is 0 Å². The fourth-order valence-corrected chi connectivity index (χ4v) is 3.08. The van der Waals surface area contributed by atoms with Gasteiger partial charge < -0.3 is 5.32 Å². The summed E-state index contributed by atoms with van der Waals surface area (Å²) in [5.41, 5.74) is 0. The highest BCUT2D eigenvalue weighted by molar-refractivity contribution is 4.86. The zero-order valence-corrected chi connectivity index (χ0v) is 9.63. The van der Waals surface area contributed by atoms with Gasteiger partial charge in [0.2, 0.25) is 0 Å². The van der Waals surface area contributed by atoms with Gasteiger partial charge in [0.25, 0.3) is 0 Å². The van der Waals surface area contributed by atoms with Gasteiger partial charge in [-0.2, -0.15) is 0 Å². The van der Waals surface area contributed by atoms with Crippen LogP contribution >= 0.6 is 0 Å². The molecule has 0 aliphatic carbocycles. The molecule has 2 nitrogen and oxygen atoms in total. The zero-order chi connectivity index (χ0) is 9.97. The Kier molecular flexibility index (Phi) is 3.45. The fraction of sp³-hybridized carbons (Fsp3) is 1.00. The summed E-state index contributed by atoms with van der Waals surface area (Å²) in [6.07, 6.45) is 5.64. The first kappa shape index (κ1) is 10.4. The van der Waals surface area contributed by atoms with Crippen LogP contribution in [0.1, 0.15) is 39.5 Å². The van der Waals surface area contributed by atoms with E-state index >= 15 is 0 Å². The summed E-state index contributed by atoms with van der Waals surface area (Å²) < 4.78 is 0. The van der Waals surface area contributed by atoms with Crippen LogP contribution in [0.3, 0.4) is 0 Å². The third-order valence-corrected chi connectivity index (χ3v) is 4.16. The normalized spacial score (nSPS) is 37.3. The van der Waals surface area contributed by atoms with Crippen molar-refractivity contribution in [3.8, 4) is 0 Å². The van der Waals surface area contributed by atoms with E-state index in [2.05, 4.69) is 24.1 Å². The highest BCUT2D eigenvalue weighted by Gasteiger charge is 2.29.